The third-order valence-electron chi connectivity index (χ3n) is 8.56. The Morgan fingerprint density at radius 1 is 1.14 bits per heavy atom. The summed E-state index contributed by atoms with van der Waals surface area (Å²) in [6.45, 7) is 4.87. The number of esters is 1. The average Bonchev–Trinajstić information content (AvgIpc) is 2.97. The molecule has 2 aliphatic heterocycles. The molecule has 0 bridgehead atoms. The molecule has 2 fully saturated rings. The quantitative estimate of drug-likeness (QED) is 0.195. The summed E-state index contributed by atoms with van der Waals surface area (Å²) in [5, 5.41) is 62.7. The molecule has 5 rings (SSSR count). The van der Waals surface area contributed by atoms with Crippen molar-refractivity contribution in [1.29, 1.82) is 0 Å². The van der Waals surface area contributed by atoms with E-state index in [9.17, 15) is 40.2 Å². The number of aromatic hydroxyl groups is 2. The van der Waals surface area contributed by atoms with Crippen molar-refractivity contribution in [2.75, 3.05) is 6.61 Å². The number of hydrogen-bond acceptors (Lipinski definition) is 12. The molecule has 1 saturated carbocycles. The Labute approximate surface area is 247 Å². The molecule has 0 aromatic heterocycles. The largest absolute Gasteiger partial charge is 0.508 e. The van der Waals surface area contributed by atoms with E-state index < -0.39 is 73.3 Å². The summed E-state index contributed by atoms with van der Waals surface area (Å²) in [7, 11) is 0. The van der Waals surface area contributed by atoms with Crippen LogP contribution in [0.15, 0.2) is 54.9 Å². The lowest BCUT2D eigenvalue weighted by atomic mass is 9.75. The van der Waals surface area contributed by atoms with Crippen LogP contribution in [0.25, 0.3) is 5.57 Å². The van der Waals surface area contributed by atoms with Crippen molar-refractivity contribution < 1.29 is 59.2 Å². The molecule has 0 radical (unpaired) electrons. The van der Waals surface area contributed by atoms with Crippen LogP contribution < -0.4 is 0 Å². The highest BCUT2D eigenvalue weighted by molar-refractivity contribution is 5.99. The van der Waals surface area contributed by atoms with Gasteiger partial charge in [-0.25, -0.2) is 4.79 Å². The van der Waals surface area contributed by atoms with Crippen molar-refractivity contribution in [2.24, 2.45) is 17.8 Å². The highest BCUT2D eigenvalue weighted by Gasteiger charge is 2.50. The summed E-state index contributed by atoms with van der Waals surface area (Å²) < 4.78 is 23.2. The second-order valence-electron chi connectivity index (χ2n) is 11.2. The molecule has 2 aliphatic carbocycles. The zero-order chi connectivity index (χ0) is 31.0. The maximum Gasteiger partial charge on any atom is 0.343 e. The molecule has 232 valence electrons. The zero-order valence-corrected chi connectivity index (χ0v) is 23.5. The lowest BCUT2D eigenvalue weighted by molar-refractivity contribution is -0.338. The van der Waals surface area contributed by atoms with Gasteiger partial charge in [0.15, 0.2) is 11.9 Å². The molecule has 1 saturated heterocycles. The lowest BCUT2D eigenvalue weighted by Gasteiger charge is -2.44. The number of phenols is 2. The van der Waals surface area contributed by atoms with Gasteiger partial charge >= 0.3 is 5.97 Å². The van der Waals surface area contributed by atoms with Crippen LogP contribution in [0.3, 0.4) is 0 Å². The second kappa shape index (κ2) is 12.6. The first-order chi connectivity index (χ1) is 20.5. The summed E-state index contributed by atoms with van der Waals surface area (Å²) in [5.41, 5.74) is 0.664. The zero-order valence-electron chi connectivity index (χ0n) is 23.5. The Morgan fingerprint density at radius 2 is 1.91 bits per heavy atom. The number of Topliss-reactive ketones (excluding diaryl/α,β-unsaturated/α-hetero) is 1. The number of phenolic OH excluding ortho intramolecular Hbond substituents is 2. The summed E-state index contributed by atoms with van der Waals surface area (Å²) in [6.07, 6.45) is -0.571. The Kier molecular flexibility index (Phi) is 9.07. The van der Waals surface area contributed by atoms with Crippen molar-refractivity contribution in [2.45, 2.75) is 69.3 Å². The van der Waals surface area contributed by atoms with E-state index in [1.807, 2.05) is 0 Å². The predicted molar refractivity (Wildman–Crippen MR) is 149 cm³/mol. The fourth-order valence-electron chi connectivity index (χ4n) is 6.13. The molecule has 2 heterocycles. The molecule has 1 aromatic carbocycles. The second-order valence-corrected chi connectivity index (χ2v) is 11.2. The number of benzene rings is 1. The average molecular weight is 601 g/mol. The smallest absolute Gasteiger partial charge is 0.343 e. The van der Waals surface area contributed by atoms with Crippen LogP contribution in [0, 0.1) is 17.8 Å². The van der Waals surface area contributed by atoms with Gasteiger partial charge in [0.25, 0.3) is 0 Å². The fraction of sp³-hybridized carbons (Fsp3) is 0.484. The van der Waals surface area contributed by atoms with E-state index in [1.165, 1.54) is 12.3 Å². The Morgan fingerprint density at radius 3 is 2.63 bits per heavy atom. The highest BCUT2D eigenvalue weighted by Crippen LogP contribution is 2.42. The van der Waals surface area contributed by atoms with Crippen LogP contribution in [0.4, 0.5) is 0 Å². The number of rotatable bonds is 7. The standard InChI is InChI=1S/C31H36O12/c1-3-16-18-7-5-9-22(35)20(18)13-40-30(16)43-31-28(27(38)26(37)24(12-32)41-31)42-29(39)25-19(10-15(33)11-23(25)36)17-6-4-8-21(34)14(17)2/h3-4,6,8,10-11,13-14,16,18,21,24,26-28,30-34,36-38H,1,5,7,9,12H2,2H3/t14?,16?,18-,21?,24+,26+,27?,28?,30-,31?/m0/s1. The Balaban J connectivity index is 1.46. The van der Waals surface area contributed by atoms with Gasteiger partial charge in [-0.15, -0.1) is 6.58 Å². The Bertz CT molecular complexity index is 1350. The first-order valence-corrected chi connectivity index (χ1v) is 14.2. The number of hydrogen-bond donors (Lipinski definition) is 6. The van der Waals surface area contributed by atoms with Gasteiger partial charge in [0, 0.05) is 35.8 Å². The molecule has 1 aromatic rings. The van der Waals surface area contributed by atoms with Crippen molar-refractivity contribution in [3.05, 3.63) is 66.0 Å². The number of fused-ring (bicyclic) bond motifs is 1. The van der Waals surface area contributed by atoms with E-state index in [4.69, 9.17) is 18.9 Å². The van der Waals surface area contributed by atoms with Crippen LogP contribution in [0.1, 0.15) is 42.1 Å². The summed E-state index contributed by atoms with van der Waals surface area (Å²) in [6, 6.07) is 2.18. The number of ketones is 1. The molecule has 10 atom stereocenters. The topological polar surface area (TPSA) is 192 Å². The van der Waals surface area contributed by atoms with Crippen LogP contribution in [-0.4, -0.2) is 92.1 Å². The van der Waals surface area contributed by atoms with E-state index in [-0.39, 0.29) is 28.6 Å². The molecule has 6 N–H and O–H groups in total. The van der Waals surface area contributed by atoms with Crippen molar-refractivity contribution >= 4 is 17.3 Å². The van der Waals surface area contributed by atoms with Crippen LogP contribution in [0.2, 0.25) is 0 Å². The van der Waals surface area contributed by atoms with Gasteiger partial charge < -0.3 is 49.6 Å². The molecule has 0 spiro atoms. The molecule has 12 nitrogen and oxygen atoms in total. The monoisotopic (exact) mass is 600 g/mol. The Hall–Kier alpha value is -3.52. The molecule has 0 amide bonds. The van der Waals surface area contributed by atoms with Gasteiger partial charge in [-0.2, -0.15) is 0 Å². The first kappa shape index (κ1) is 30.9. The number of aliphatic hydroxyl groups is 4. The highest BCUT2D eigenvalue weighted by atomic mass is 16.8. The molecule has 4 aliphatic rings. The van der Waals surface area contributed by atoms with Gasteiger partial charge in [0.05, 0.1) is 19.0 Å². The third-order valence-corrected chi connectivity index (χ3v) is 8.56. The third kappa shape index (κ3) is 5.86. The van der Waals surface area contributed by atoms with Crippen LogP contribution >= 0.6 is 0 Å². The molecular weight excluding hydrogens is 564 g/mol. The first-order valence-electron chi connectivity index (χ1n) is 14.2. The number of carbonyl (C=O) groups is 2. The number of allylic oxidation sites excluding steroid dienone is 3. The van der Waals surface area contributed by atoms with Gasteiger partial charge in [-0.05, 0) is 30.0 Å². The maximum absolute atomic E-state index is 13.7. The van der Waals surface area contributed by atoms with E-state index in [0.717, 1.165) is 6.07 Å². The minimum Gasteiger partial charge on any atom is -0.508 e. The summed E-state index contributed by atoms with van der Waals surface area (Å²) in [4.78, 5) is 26.1. The van der Waals surface area contributed by atoms with Gasteiger partial charge in [0.1, 0.15) is 35.4 Å². The van der Waals surface area contributed by atoms with E-state index >= 15 is 0 Å². The molecule has 6 unspecified atom stereocenters. The summed E-state index contributed by atoms with van der Waals surface area (Å²) in [5.74, 6) is -3.42. The van der Waals surface area contributed by atoms with E-state index in [1.54, 1.807) is 31.2 Å². The number of aliphatic hydroxyl groups excluding tert-OH is 4. The lowest BCUT2D eigenvalue weighted by Crippen LogP contribution is -2.61. The van der Waals surface area contributed by atoms with E-state index in [0.29, 0.717) is 30.4 Å². The van der Waals surface area contributed by atoms with Crippen LogP contribution in [-0.2, 0) is 23.7 Å². The number of ether oxygens (including phenoxy) is 4. The van der Waals surface area contributed by atoms with Crippen LogP contribution in [0.5, 0.6) is 11.5 Å². The normalized spacial score (nSPS) is 35.7. The predicted octanol–water partition coefficient (Wildman–Crippen LogP) is 1.44. The van der Waals surface area contributed by atoms with Crippen molar-refractivity contribution in [3.63, 3.8) is 0 Å². The minimum atomic E-state index is -1.80. The number of carbonyl (C=O) groups excluding carboxylic acids is 2. The minimum absolute atomic E-state index is 0.0314. The molecule has 12 heteroatoms. The SMILES string of the molecule is C=CC1[C@H](OC2O[C@H](CO)[C@@H](O)C(O)C2OC(=O)c2c(O)cc(O)cc2C2=CC=CC(O)C2C)OC=C2C(=O)CCC[C@H]21. The van der Waals surface area contributed by atoms with Gasteiger partial charge in [-0.1, -0.05) is 31.2 Å². The van der Waals surface area contributed by atoms with E-state index in [2.05, 4.69) is 6.58 Å². The summed E-state index contributed by atoms with van der Waals surface area (Å²) >= 11 is 0. The van der Waals surface area contributed by atoms with Crippen molar-refractivity contribution in [3.8, 4) is 11.5 Å². The molecule has 43 heavy (non-hydrogen) atoms. The van der Waals surface area contributed by atoms with Crippen molar-refractivity contribution in [1.82, 2.24) is 0 Å². The fourth-order valence-corrected chi connectivity index (χ4v) is 6.13. The maximum atomic E-state index is 13.7. The van der Waals surface area contributed by atoms with Gasteiger partial charge in [0.2, 0.25) is 12.6 Å². The molecular formula is C31H36O12. The van der Waals surface area contributed by atoms with Gasteiger partial charge in [-0.3, -0.25) is 4.79 Å².